The summed E-state index contributed by atoms with van der Waals surface area (Å²) in [5, 5.41) is 19.3. The average Bonchev–Trinajstić information content (AvgIpc) is 3.25. The Hall–Kier alpha value is -2.06. The Balaban J connectivity index is 1.59. The highest BCUT2D eigenvalue weighted by molar-refractivity contribution is 5.78. The van der Waals surface area contributed by atoms with Crippen LogP contribution in [0.1, 0.15) is 56.8 Å². The lowest BCUT2D eigenvalue weighted by Crippen LogP contribution is -2.41. The second-order valence-electron chi connectivity index (χ2n) is 7.48. The molecule has 1 saturated heterocycles. The summed E-state index contributed by atoms with van der Waals surface area (Å²) in [4.78, 5) is 18.9. The second-order valence-corrected chi connectivity index (χ2v) is 7.48. The number of amides is 1. The highest BCUT2D eigenvalue weighted by Gasteiger charge is 2.41. The third kappa shape index (κ3) is 3.19. The lowest BCUT2D eigenvalue weighted by atomic mass is 9.82. The van der Waals surface area contributed by atoms with Crippen LogP contribution in [0.4, 0.5) is 0 Å². The number of methoxy groups -OCH3 is 1. The molecule has 0 spiro atoms. The van der Waals surface area contributed by atoms with Crippen molar-refractivity contribution in [2.24, 2.45) is 0 Å². The van der Waals surface area contributed by atoms with E-state index in [-0.39, 0.29) is 24.5 Å². The summed E-state index contributed by atoms with van der Waals surface area (Å²) < 4.78 is 7.39. The largest absolute Gasteiger partial charge is 0.389 e. The molecule has 0 radical (unpaired) electrons. The lowest BCUT2D eigenvalue weighted by Gasteiger charge is -2.34. The maximum Gasteiger partial charge on any atom is 0.226 e. The second kappa shape index (κ2) is 6.92. The van der Waals surface area contributed by atoms with Gasteiger partial charge in [0.25, 0.3) is 0 Å². The van der Waals surface area contributed by atoms with Crippen molar-refractivity contribution in [3.63, 3.8) is 0 Å². The third-order valence-corrected chi connectivity index (χ3v) is 5.72. The van der Waals surface area contributed by atoms with E-state index < -0.39 is 5.60 Å². The van der Waals surface area contributed by atoms with E-state index in [1.807, 2.05) is 10.6 Å². The minimum absolute atomic E-state index is 0.0373. The molecule has 2 aromatic rings. The summed E-state index contributed by atoms with van der Waals surface area (Å²) in [6.45, 7) is 0.510. The molecular weight excluding hydrogens is 334 g/mol. The number of likely N-dealkylation sites (tertiary alicyclic amines) is 1. The minimum atomic E-state index is -0.873. The maximum absolute atomic E-state index is 13.1. The van der Waals surface area contributed by atoms with Crippen molar-refractivity contribution in [3.05, 3.63) is 24.4 Å². The zero-order valence-corrected chi connectivity index (χ0v) is 15.0. The van der Waals surface area contributed by atoms with Crippen LogP contribution in [0.15, 0.2) is 18.6 Å². The van der Waals surface area contributed by atoms with E-state index in [9.17, 15) is 9.90 Å². The summed E-state index contributed by atoms with van der Waals surface area (Å²) in [5.41, 5.74) is -0.219. The van der Waals surface area contributed by atoms with Crippen molar-refractivity contribution in [2.45, 2.75) is 62.7 Å². The Kier molecular flexibility index (Phi) is 4.62. The number of aromatic nitrogens is 4. The van der Waals surface area contributed by atoms with Gasteiger partial charge in [-0.25, -0.2) is 0 Å². The topological polar surface area (TPSA) is 92.9 Å². The zero-order chi connectivity index (χ0) is 18.1. The van der Waals surface area contributed by atoms with Crippen LogP contribution in [-0.2, 0) is 9.53 Å². The molecule has 2 aromatic heterocycles. The summed E-state index contributed by atoms with van der Waals surface area (Å²) >= 11 is 0. The molecular formula is C18H25N5O3. The van der Waals surface area contributed by atoms with E-state index in [0.717, 1.165) is 19.3 Å². The van der Waals surface area contributed by atoms with Gasteiger partial charge in [-0.05, 0) is 12.8 Å². The molecule has 1 aliphatic heterocycles. The molecule has 2 aliphatic rings. The first-order valence-electron chi connectivity index (χ1n) is 9.29. The predicted molar refractivity (Wildman–Crippen MR) is 93.3 cm³/mol. The highest BCUT2D eigenvalue weighted by Crippen LogP contribution is 2.36. The van der Waals surface area contributed by atoms with Gasteiger partial charge in [-0.1, -0.05) is 19.3 Å². The Labute approximate surface area is 152 Å². The monoisotopic (exact) mass is 359 g/mol. The van der Waals surface area contributed by atoms with Gasteiger partial charge in [-0.2, -0.15) is 0 Å². The fourth-order valence-electron chi connectivity index (χ4n) is 4.26. The van der Waals surface area contributed by atoms with E-state index in [4.69, 9.17) is 4.74 Å². The van der Waals surface area contributed by atoms with Gasteiger partial charge in [0, 0.05) is 32.5 Å². The Morgan fingerprint density at radius 3 is 2.92 bits per heavy atom. The van der Waals surface area contributed by atoms with Gasteiger partial charge >= 0.3 is 0 Å². The summed E-state index contributed by atoms with van der Waals surface area (Å²) in [6, 6.07) is -0.211. The number of hydrogen-bond acceptors (Lipinski definition) is 6. The molecule has 4 rings (SSSR count). The van der Waals surface area contributed by atoms with Crippen LogP contribution in [0.5, 0.6) is 0 Å². The third-order valence-electron chi connectivity index (χ3n) is 5.72. The minimum Gasteiger partial charge on any atom is -0.389 e. The van der Waals surface area contributed by atoms with E-state index >= 15 is 0 Å². The molecule has 8 nitrogen and oxygen atoms in total. The van der Waals surface area contributed by atoms with Crippen molar-refractivity contribution in [3.8, 4) is 0 Å². The van der Waals surface area contributed by atoms with E-state index in [2.05, 4.69) is 15.2 Å². The van der Waals surface area contributed by atoms with Crippen molar-refractivity contribution >= 4 is 11.6 Å². The van der Waals surface area contributed by atoms with Crippen LogP contribution < -0.4 is 0 Å². The lowest BCUT2D eigenvalue weighted by molar-refractivity contribution is -0.139. The standard InChI is InChI=1S/C18H25N5O3/c1-26-13-9-14(17-21-20-15-11-19-7-8-22(15)17)23(12-13)16(24)10-18(25)5-3-2-4-6-18/h7-8,11,13-14,25H,2-6,9-10,12H2,1H3/t13-,14+/m1/s1. The summed E-state index contributed by atoms with van der Waals surface area (Å²) in [7, 11) is 1.66. The molecule has 26 heavy (non-hydrogen) atoms. The molecule has 0 aromatic carbocycles. The predicted octanol–water partition coefficient (Wildman–Crippen LogP) is 1.50. The summed E-state index contributed by atoms with van der Waals surface area (Å²) in [6.07, 6.45) is 10.4. The summed E-state index contributed by atoms with van der Waals surface area (Å²) in [5.74, 6) is 0.677. The average molecular weight is 359 g/mol. The first-order chi connectivity index (χ1) is 12.6. The number of nitrogens with zero attached hydrogens (tertiary/aromatic N) is 5. The molecule has 0 unspecified atom stereocenters. The first-order valence-corrected chi connectivity index (χ1v) is 9.29. The number of hydrogen-bond donors (Lipinski definition) is 1. The molecule has 1 aliphatic carbocycles. The number of carbonyl (C=O) groups excluding carboxylic acids is 1. The van der Waals surface area contributed by atoms with Gasteiger partial charge in [-0.15, -0.1) is 10.2 Å². The zero-order valence-electron chi connectivity index (χ0n) is 15.0. The van der Waals surface area contributed by atoms with Crippen LogP contribution in [0, 0.1) is 0 Å². The molecule has 140 valence electrons. The number of ether oxygens (including phenoxy) is 1. The van der Waals surface area contributed by atoms with Crippen LogP contribution in [-0.4, -0.2) is 60.9 Å². The molecule has 3 heterocycles. The molecule has 2 fully saturated rings. The van der Waals surface area contributed by atoms with Gasteiger partial charge in [0.05, 0.1) is 30.4 Å². The SMILES string of the molecule is CO[C@@H]1C[C@@H](c2nnc3cnccn23)N(C(=O)CC2(O)CCCCC2)C1. The van der Waals surface area contributed by atoms with Crippen molar-refractivity contribution in [1.29, 1.82) is 0 Å². The molecule has 1 N–H and O–H groups in total. The van der Waals surface area contributed by atoms with Gasteiger partial charge in [0.1, 0.15) is 0 Å². The van der Waals surface area contributed by atoms with Crippen LogP contribution in [0.25, 0.3) is 5.65 Å². The van der Waals surface area contributed by atoms with Crippen LogP contribution in [0.3, 0.4) is 0 Å². The van der Waals surface area contributed by atoms with Gasteiger partial charge in [0.15, 0.2) is 11.5 Å². The first kappa shape index (κ1) is 17.4. The van der Waals surface area contributed by atoms with Crippen LogP contribution in [0.2, 0.25) is 0 Å². The number of aliphatic hydroxyl groups is 1. The highest BCUT2D eigenvalue weighted by atomic mass is 16.5. The quantitative estimate of drug-likeness (QED) is 0.889. The van der Waals surface area contributed by atoms with E-state index in [1.54, 1.807) is 24.4 Å². The number of rotatable bonds is 4. The Bertz CT molecular complexity index is 786. The van der Waals surface area contributed by atoms with E-state index in [0.29, 0.717) is 37.3 Å². The molecule has 8 heteroatoms. The molecule has 2 atom stereocenters. The normalized spacial score (nSPS) is 25.7. The van der Waals surface area contributed by atoms with Crippen molar-refractivity contribution in [1.82, 2.24) is 24.5 Å². The Morgan fingerprint density at radius 2 is 2.15 bits per heavy atom. The van der Waals surface area contributed by atoms with Crippen molar-refractivity contribution in [2.75, 3.05) is 13.7 Å². The smallest absolute Gasteiger partial charge is 0.226 e. The van der Waals surface area contributed by atoms with E-state index in [1.165, 1.54) is 0 Å². The van der Waals surface area contributed by atoms with Gasteiger partial charge in [-0.3, -0.25) is 14.2 Å². The number of fused-ring (bicyclic) bond motifs is 1. The maximum atomic E-state index is 13.1. The Morgan fingerprint density at radius 1 is 1.35 bits per heavy atom. The van der Waals surface area contributed by atoms with Crippen molar-refractivity contribution < 1.29 is 14.6 Å². The molecule has 1 saturated carbocycles. The number of carbonyl (C=O) groups is 1. The molecule has 1 amide bonds. The van der Waals surface area contributed by atoms with Gasteiger partial charge in [0.2, 0.25) is 5.91 Å². The van der Waals surface area contributed by atoms with Gasteiger partial charge < -0.3 is 14.7 Å². The van der Waals surface area contributed by atoms with Crippen LogP contribution >= 0.6 is 0 Å². The molecule has 0 bridgehead atoms. The fraction of sp³-hybridized carbons (Fsp3) is 0.667. The fourth-order valence-corrected chi connectivity index (χ4v) is 4.26.